The Bertz CT molecular complexity index is 1050. The number of aromatic nitrogens is 2. The number of ether oxygens (including phenoxy) is 1. The third-order valence-corrected chi connectivity index (χ3v) is 5.30. The van der Waals surface area contributed by atoms with Gasteiger partial charge in [0.15, 0.2) is 0 Å². The van der Waals surface area contributed by atoms with Gasteiger partial charge in [-0.3, -0.25) is 4.79 Å². The van der Waals surface area contributed by atoms with Gasteiger partial charge in [-0.1, -0.05) is 30.6 Å². The van der Waals surface area contributed by atoms with E-state index in [1.807, 2.05) is 43.3 Å². The van der Waals surface area contributed by atoms with Crippen molar-refractivity contribution in [2.75, 3.05) is 18.1 Å². The first-order valence-corrected chi connectivity index (χ1v) is 10.4. The molecule has 1 amide bonds. The number of nitrogens with zero attached hydrogens (tertiary/aromatic N) is 3. The van der Waals surface area contributed by atoms with Crippen molar-refractivity contribution in [1.82, 2.24) is 10.1 Å². The Kier molecular flexibility index (Phi) is 5.77. The molecule has 0 N–H and O–H groups in total. The summed E-state index contributed by atoms with van der Waals surface area (Å²) >= 11 is 6.04. The van der Waals surface area contributed by atoms with Crippen LogP contribution in [0.3, 0.4) is 0 Å². The number of rotatable bonds is 6. The van der Waals surface area contributed by atoms with E-state index in [0.29, 0.717) is 42.2 Å². The van der Waals surface area contributed by atoms with Gasteiger partial charge in [0.1, 0.15) is 5.75 Å². The average molecular weight is 426 g/mol. The predicted molar refractivity (Wildman–Crippen MR) is 116 cm³/mol. The molecule has 6 nitrogen and oxygen atoms in total. The molecule has 4 rings (SSSR count). The van der Waals surface area contributed by atoms with Gasteiger partial charge >= 0.3 is 0 Å². The maximum atomic E-state index is 12.6. The van der Waals surface area contributed by atoms with Gasteiger partial charge in [0.25, 0.3) is 0 Å². The molecule has 2 aromatic carbocycles. The lowest BCUT2D eigenvalue weighted by atomic mass is 10.1. The van der Waals surface area contributed by atoms with Crippen LogP contribution in [0.25, 0.3) is 11.4 Å². The minimum absolute atomic E-state index is 0.0387. The minimum atomic E-state index is -0.137. The fourth-order valence-corrected chi connectivity index (χ4v) is 3.74. The third kappa shape index (κ3) is 4.33. The summed E-state index contributed by atoms with van der Waals surface area (Å²) in [6, 6.07) is 13.2. The minimum Gasteiger partial charge on any atom is -0.493 e. The zero-order valence-electron chi connectivity index (χ0n) is 17.3. The highest BCUT2D eigenvalue weighted by Crippen LogP contribution is 2.34. The van der Waals surface area contributed by atoms with Gasteiger partial charge in [0.05, 0.1) is 12.5 Å². The van der Waals surface area contributed by atoms with Crippen LogP contribution >= 0.6 is 11.6 Å². The van der Waals surface area contributed by atoms with Crippen molar-refractivity contribution in [3.05, 3.63) is 58.9 Å². The Balaban J connectivity index is 1.47. The third-order valence-electron chi connectivity index (χ3n) is 5.06. The summed E-state index contributed by atoms with van der Waals surface area (Å²) in [5.41, 5.74) is 2.67. The molecule has 1 saturated heterocycles. The van der Waals surface area contributed by atoms with Gasteiger partial charge in [-0.25, -0.2) is 0 Å². The van der Waals surface area contributed by atoms with Gasteiger partial charge < -0.3 is 14.2 Å². The number of hydrogen-bond donors (Lipinski definition) is 0. The zero-order chi connectivity index (χ0) is 21.3. The fraction of sp³-hybridized carbons (Fsp3) is 0.348. The Morgan fingerprint density at radius 1 is 1.23 bits per heavy atom. The molecule has 3 aromatic rings. The van der Waals surface area contributed by atoms with Gasteiger partial charge in [0.2, 0.25) is 17.6 Å². The molecule has 1 fully saturated rings. The second-order valence-corrected chi connectivity index (χ2v) is 8.46. The maximum Gasteiger partial charge on any atom is 0.232 e. The van der Waals surface area contributed by atoms with E-state index in [-0.39, 0.29) is 11.8 Å². The number of aryl methyl sites for hydroxylation is 1. The lowest BCUT2D eigenvalue weighted by molar-refractivity contribution is -0.117. The van der Waals surface area contributed by atoms with Crippen LogP contribution < -0.4 is 9.64 Å². The van der Waals surface area contributed by atoms with Crippen molar-refractivity contribution < 1.29 is 14.1 Å². The summed E-state index contributed by atoms with van der Waals surface area (Å²) in [6.45, 7) is 7.34. The number of carbonyl (C=O) groups excluding carboxylic acids is 1. The van der Waals surface area contributed by atoms with E-state index in [0.717, 1.165) is 22.6 Å². The SMILES string of the molecule is Cc1cc(Cl)ccc1N1CC(c2nc(-c3ccc(OCC(C)C)cc3)no2)CC1=O. The largest absolute Gasteiger partial charge is 0.493 e. The van der Waals surface area contributed by atoms with Crippen LogP contribution in [0.4, 0.5) is 5.69 Å². The van der Waals surface area contributed by atoms with Gasteiger partial charge in [-0.2, -0.15) is 4.98 Å². The zero-order valence-corrected chi connectivity index (χ0v) is 18.0. The lowest BCUT2D eigenvalue weighted by Gasteiger charge is -2.18. The van der Waals surface area contributed by atoms with Crippen LogP contribution in [-0.2, 0) is 4.79 Å². The molecule has 0 radical (unpaired) electrons. The molecule has 0 bridgehead atoms. The predicted octanol–water partition coefficient (Wildman–Crippen LogP) is 5.25. The Morgan fingerprint density at radius 2 is 2.00 bits per heavy atom. The molecule has 7 heteroatoms. The smallest absolute Gasteiger partial charge is 0.232 e. The molecular formula is C23H24ClN3O3. The van der Waals surface area contributed by atoms with E-state index in [1.165, 1.54) is 0 Å². The molecular weight excluding hydrogens is 402 g/mol. The quantitative estimate of drug-likeness (QED) is 0.539. The van der Waals surface area contributed by atoms with Crippen molar-refractivity contribution in [2.24, 2.45) is 5.92 Å². The van der Waals surface area contributed by atoms with Crippen LogP contribution in [0.1, 0.15) is 37.6 Å². The molecule has 1 aromatic heterocycles. The van der Waals surface area contributed by atoms with Crippen molar-refractivity contribution in [3.63, 3.8) is 0 Å². The van der Waals surface area contributed by atoms with Crippen molar-refractivity contribution in [2.45, 2.75) is 33.1 Å². The van der Waals surface area contributed by atoms with E-state index >= 15 is 0 Å². The highest BCUT2D eigenvalue weighted by molar-refractivity contribution is 6.30. The maximum absolute atomic E-state index is 12.6. The van der Waals surface area contributed by atoms with Gasteiger partial charge in [0, 0.05) is 29.2 Å². The van der Waals surface area contributed by atoms with Crippen molar-refractivity contribution >= 4 is 23.2 Å². The number of benzene rings is 2. The Hall–Kier alpha value is -2.86. The molecule has 0 aliphatic carbocycles. The lowest BCUT2D eigenvalue weighted by Crippen LogP contribution is -2.25. The topological polar surface area (TPSA) is 68.5 Å². The molecule has 1 aliphatic rings. The highest BCUT2D eigenvalue weighted by atomic mass is 35.5. The summed E-state index contributed by atoms with van der Waals surface area (Å²) in [4.78, 5) is 18.9. The van der Waals surface area contributed by atoms with Crippen LogP contribution in [0.15, 0.2) is 47.0 Å². The summed E-state index contributed by atoms with van der Waals surface area (Å²) in [5, 5.41) is 4.77. The van der Waals surface area contributed by atoms with Crippen LogP contribution in [-0.4, -0.2) is 29.2 Å². The Morgan fingerprint density at radius 3 is 2.70 bits per heavy atom. The Labute approximate surface area is 180 Å². The van der Waals surface area contributed by atoms with Gasteiger partial charge in [-0.15, -0.1) is 0 Å². The van der Waals surface area contributed by atoms with E-state index in [4.69, 9.17) is 20.9 Å². The number of hydrogen-bond acceptors (Lipinski definition) is 5. The van der Waals surface area contributed by atoms with Crippen molar-refractivity contribution in [1.29, 1.82) is 0 Å². The van der Waals surface area contributed by atoms with Crippen LogP contribution in [0, 0.1) is 12.8 Å². The van der Waals surface area contributed by atoms with E-state index in [1.54, 1.807) is 11.0 Å². The summed E-state index contributed by atoms with van der Waals surface area (Å²) in [5.74, 6) is 2.17. The first-order chi connectivity index (χ1) is 14.4. The van der Waals surface area contributed by atoms with Crippen LogP contribution in [0.5, 0.6) is 5.75 Å². The molecule has 1 unspecified atom stereocenters. The van der Waals surface area contributed by atoms with E-state index in [2.05, 4.69) is 24.0 Å². The molecule has 2 heterocycles. The number of anilines is 1. The fourth-order valence-electron chi connectivity index (χ4n) is 3.51. The molecule has 1 aliphatic heterocycles. The number of carbonyl (C=O) groups is 1. The molecule has 0 spiro atoms. The first kappa shape index (κ1) is 20.4. The molecule has 0 saturated carbocycles. The standard InChI is InChI=1S/C23H24ClN3O3/c1-14(2)13-29-19-7-4-16(5-8-19)22-25-23(30-26-22)17-11-21(28)27(12-17)20-9-6-18(24)10-15(20)3/h4-10,14,17H,11-13H2,1-3H3. The van der Waals surface area contributed by atoms with Crippen molar-refractivity contribution in [3.8, 4) is 17.1 Å². The second kappa shape index (κ2) is 8.48. The van der Waals surface area contributed by atoms with E-state index < -0.39 is 0 Å². The summed E-state index contributed by atoms with van der Waals surface area (Å²) in [6.07, 6.45) is 0.339. The summed E-state index contributed by atoms with van der Waals surface area (Å²) < 4.78 is 11.2. The van der Waals surface area contributed by atoms with E-state index in [9.17, 15) is 4.79 Å². The van der Waals surface area contributed by atoms with Gasteiger partial charge in [-0.05, 0) is 60.9 Å². The van der Waals surface area contributed by atoms with Crippen LogP contribution in [0.2, 0.25) is 5.02 Å². The number of amides is 1. The molecule has 156 valence electrons. The summed E-state index contributed by atoms with van der Waals surface area (Å²) in [7, 11) is 0. The normalized spacial score (nSPS) is 16.5. The molecule has 30 heavy (non-hydrogen) atoms. The monoisotopic (exact) mass is 425 g/mol. The number of halogens is 1. The second-order valence-electron chi connectivity index (χ2n) is 8.02. The molecule has 1 atom stereocenters. The average Bonchev–Trinajstić information content (AvgIpc) is 3.34. The first-order valence-electron chi connectivity index (χ1n) is 10.0. The highest BCUT2D eigenvalue weighted by Gasteiger charge is 2.35.